The molecule has 1 heterocycles. The van der Waals surface area contributed by atoms with Crippen molar-refractivity contribution in [1.82, 2.24) is 15.1 Å². The highest BCUT2D eigenvalue weighted by Gasteiger charge is 2.29. The van der Waals surface area contributed by atoms with Crippen LogP contribution in [0, 0.1) is 10.1 Å². The molecule has 8 heteroatoms. The van der Waals surface area contributed by atoms with Gasteiger partial charge in [0.2, 0.25) is 17.9 Å². The van der Waals surface area contributed by atoms with Gasteiger partial charge in [0, 0.05) is 31.9 Å². The smallest absolute Gasteiger partial charge is 0.247 e. The normalized spacial score (nSPS) is 21.8. The average Bonchev–Trinajstić information content (AvgIpc) is 2.37. The van der Waals surface area contributed by atoms with Crippen molar-refractivity contribution < 1.29 is 14.5 Å². The fourth-order valence-electron chi connectivity index (χ4n) is 1.81. The fourth-order valence-corrected chi connectivity index (χ4v) is 1.81. The van der Waals surface area contributed by atoms with Gasteiger partial charge in [-0.05, 0) is 0 Å². The van der Waals surface area contributed by atoms with Crippen LogP contribution in [0.1, 0.15) is 13.8 Å². The molecule has 1 aliphatic heterocycles. The second kappa shape index (κ2) is 6.29. The van der Waals surface area contributed by atoms with E-state index in [1.54, 1.807) is 0 Å². The van der Waals surface area contributed by atoms with Crippen molar-refractivity contribution in [3.63, 3.8) is 0 Å². The average molecular weight is 258 g/mol. The molecule has 0 aromatic carbocycles. The molecule has 0 spiro atoms. The molecule has 1 aliphatic rings. The second-order valence-electron chi connectivity index (χ2n) is 4.30. The van der Waals surface area contributed by atoms with E-state index in [0.29, 0.717) is 13.1 Å². The van der Waals surface area contributed by atoms with Crippen LogP contribution in [-0.2, 0) is 9.59 Å². The molecule has 8 nitrogen and oxygen atoms in total. The van der Waals surface area contributed by atoms with Crippen LogP contribution in [0.25, 0.3) is 0 Å². The van der Waals surface area contributed by atoms with Gasteiger partial charge in [-0.25, -0.2) is 0 Å². The Hall–Kier alpha value is -1.70. The van der Waals surface area contributed by atoms with Crippen LogP contribution >= 0.6 is 0 Å². The maximum absolute atomic E-state index is 11.4. The molecule has 18 heavy (non-hydrogen) atoms. The summed E-state index contributed by atoms with van der Waals surface area (Å²) in [6.07, 6.45) is 0. The molecular formula is C10H18N4O4. The van der Waals surface area contributed by atoms with Crippen molar-refractivity contribution in [2.24, 2.45) is 0 Å². The second-order valence-corrected chi connectivity index (χ2v) is 4.30. The number of hydrogen-bond acceptors (Lipinski definition) is 5. The molecule has 0 saturated carbocycles. The first-order valence-corrected chi connectivity index (χ1v) is 5.77. The van der Waals surface area contributed by atoms with E-state index >= 15 is 0 Å². The summed E-state index contributed by atoms with van der Waals surface area (Å²) in [6, 6.07) is -0.947. The van der Waals surface area contributed by atoms with Crippen molar-refractivity contribution in [3.8, 4) is 0 Å². The van der Waals surface area contributed by atoms with Crippen LogP contribution in [0.2, 0.25) is 0 Å². The van der Waals surface area contributed by atoms with Crippen molar-refractivity contribution in [3.05, 3.63) is 10.1 Å². The van der Waals surface area contributed by atoms with Gasteiger partial charge in [0.25, 0.3) is 0 Å². The number of nitrogens with one attached hydrogen (secondary N) is 1. The predicted molar refractivity (Wildman–Crippen MR) is 63.3 cm³/mol. The topological polar surface area (TPSA) is 95.8 Å². The molecule has 1 rings (SSSR count). The van der Waals surface area contributed by atoms with Crippen molar-refractivity contribution in [1.29, 1.82) is 0 Å². The van der Waals surface area contributed by atoms with Gasteiger partial charge in [0.05, 0.1) is 19.8 Å². The first kappa shape index (κ1) is 14.4. The first-order valence-electron chi connectivity index (χ1n) is 5.77. The highest BCUT2D eigenvalue weighted by molar-refractivity contribution is 5.74. The van der Waals surface area contributed by atoms with Gasteiger partial charge in [-0.3, -0.25) is 25.0 Å². The van der Waals surface area contributed by atoms with E-state index < -0.39 is 11.0 Å². The summed E-state index contributed by atoms with van der Waals surface area (Å²) in [4.78, 5) is 36.1. The van der Waals surface area contributed by atoms with Gasteiger partial charge in [-0.15, -0.1) is 0 Å². The number of nitrogens with zero attached hydrogens (tertiary/aromatic N) is 3. The predicted octanol–water partition coefficient (Wildman–Crippen LogP) is -1.11. The Morgan fingerprint density at radius 2 is 1.78 bits per heavy atom. The van der Waals surface area contributed by atoms with E-state index in [1.807, 2.05) is 0 Å². The number of carbonyl (C=O) groups is 2. The van der Waals surface area contributed by atoms with Gasteiger partial charge in [-0.2, -0.15) is 0 Å². The summed E-state index contributed by atoms with van der Waals surface area (Å²) in [5.41, 5.74) is 0. The molecule has 0 radical (unpaired) electrons. The number of rotatable bonds is 1. The third-order valence-electron chi connectivity index (χ3n) is 2.91. The lowest BCUT2D eigenvalue weighted by Crippen LogP contribution is -2.46. The van der Waals surface area contributed by atoms with Crippen LogP contribution in [-0.4, -0.2) is 65.4 Å². The molecule has 0 aromatic rings. The Labute approximate surface area is 105 Å². The molecular weight excluding hydrogens is 240 g/mol. The molecule has 0 bridgehead atoms. The summed E-state index contributed by atoms with van der Waals surface area (Å²) in [6.45, 7) is 3.99. The summed E-state index contributed by atoms with van der Waals surface area (Å²) in [5, 5.41) is 14.0. The van der Waals surface area contributed by atoms with Crippen molar-refractivity contribution in [2.75, 3.05) is 32.8 Å². The van der Waals surface area contributed by atoms with Gasteiger partial charge < -0.3 is 9.80 Å². The monoisotopic (exact) mass is 258 g/mol. The fraction of sp³-hybridized carbons (Fsp3) is 0.800. The highest BCUT2D eigenvalue weighted by Crippen LogP contribution is 2.03. The number of nitro groups is 1. The molecule has 1 fully saturated rings. The van der Waals surface area contributed by atoms with E-state index in [4.69, 9.17) is 0 Å². The molecule has 1 atom stereocenters. The highest BCUT2D eigenvalue weighted by atomic mass is 16.6. The van der Waals surface area contributed by atoms with Gasteiger partial charge in [-0.1, -0.05) is 0 Å². The SMILES string of the molecule is CC(=O)N1CCNCN(C(C)=O)CC([N+](=O)[O-])C1. The number of carbonyl (C=O) groups excluding carboxylic acids is 2. The van der Waals surface area contributed by atoms with Crippen LogP contribution in [0.3, 0.4) is 0 Å². The third kappa shape index (κ3) is 3.95. The zero-order chi connectivity index (χ0) is 13.7. The molecule has 1 saturated heterocycles. The zero-order valence-corrected chi connectivity index (χ0v) is 10.6. The Morgan fingerprint density at radius 1 is 1.22 bits per heavy atom. The Morgan fingerprint density at radius 3 is 2.28 bits per heavy atom. The van der Waals surface area contributed by atoms with Crippen molar-refractivity contribution >= 4 is 11.8 Å². The summed E-state index contributed by atoms with van der Waals surface area (Å²) in [5.74, 6) is -0.412. The molecule has 0 aliphatic carbocycles. The Bertz CT molecular complexity index is 321. The van der Waals surface area contributed by atoms with Crippen LogP contribution in [0.5, 0.6) is 0 Å². The molecule has 102 valence electrons. The van der Waals surface area contributed by atoms with E-state index in [1.165, 1.54) is 23.6 Å². The van der Waals surface area contributed by atoms with E-state index in [0.717, 1.165) is 0 Å². The maximum atomic E-state index is 11.4. The number of hydrogen-bond donors (Lipinski definition) is 1. The molecule has 1 unspecified atom stereocenters. The van der Waals surface area contributed by atoms with Gasteiger partial charge in [0.15, 0.2) is 0 Å². The molecule has 1 N–H and O–H groups in total. The Balaban J connectivity index is 2.82. The van der Waals surface area contributed by atoms with E-state index in [2.05, 4.69) is 5.32 Å². The minimum atomic E-state index is -0.947. The zero-order valence-electron chi connectivity index (χ0n) is 10.6. The van der Waals surface area contributed by atoms with Crippen LogP contribution < -0.4 is 5.32 Å². The minimum Gasteiger partial charge on any atom is -0.335 e. The standard InChI is InChI=1S/C10H18N4O4/c1-8(15)12-4-3-11-7-13(9(2)16)6-10(5-12)14(17)18/h10-11H,3-7H2,1-2H3. The quantitative estimate of drug-likeness (QED) is 0.475. The third-order valence-corrected chi connectivity index (χ3v) is 2.91. The first-order chi connectivity index (χ1) is 8.41. The van der Waals surface area contributed by atoms with Crippen LogP contribution in [0.4, 0.5) is 0 Å². The van der Waals surface area contributed by atoms with Crippen molar-refractivity contribution in [2.45, 2.75) is 19.9 Å². The van der Waals surface area contributed by atoms with Crippen LogP contribution in [0.15, 0.2) is 0 Å². The van der Waals surface area contributed by atoms with E-state index in [-0.39, 0.29) is 31.6 Å². The maximum Gasteiger partial charge on any atom is 0.247 e. The molecule has 0 aromatic heterocycles. The summed E-state index contributed by atoms with van der Waals surface area (Å²) in [7, 11) is 0. The lowest BCUT2D eigenvalue weighted by molar-refractivity contribution is -0.522. The summed E-state index contributed by atoms with van der Waals surface area (Å²) < 4.78 is 0. The van der Waals surface area contributed by atoms with Gasteiger partial charge in [0.1, 0.15) is 0 Å². The summed E-state index contributed by atoms with van der Waals surface area (Å²) >= 11 is 0. The lowest BCUT2D eigenvalue weighted by Gasteiger charge is -2.23. The minimum absolute atomic E-state index is 0.0130. The largest absolute Gasteiger partial charge is 0.335 e. The Kier molecular flexibility index (Phi) is 5.02. The lowest BCUT2D eigenvalue weighted by atomic mass is 10.2. The van der Waals surface area contributed by atoms with Gasteiger partial charge >= 0.3 is 0 Å². The number of amides is 2. The molecule has 2 amide bonds. The van der Waals surface area contributed by atoms with E-state index in [9.17, 15) is 19.7 Å².